The Morgan fingerprint density at radius 3 is 2.42 bits per heavy atom. The number of hydrogen-bond acceptors (Lipinski definition) is 4. The quantitative estimate of drug-likeness (QED) is 0.769. The molecule has 19 heavy (non-hydrogen) atoms. The summed E-state index contributed by atoms with van der Waals surface area (Å²) in [4.78, 5) is 23.1. The first-order valence-electron chi connectivity index (χ1n) is 6.34. The SMILES string of the molecule is CC(C)OC(=O)c1ccc(NC(=O)CCCN)cc1. The third-order valence-corrected chi connectivity index (χ3v) is 2.36. The van der Waals surface area contributed by atoms with E-state index >= 15 is 0 Å². The number of nitrogens with two attached hydrogens (primary N) is 1. The number of nitrogens with one attached hydrogen (secondary N) is 1. The Hall–Kier alpha value is -1.88. The van der Waals surface area contributed by atoms with E-state index < -0.39 is 0 Å². The van der Waals surface area contributed by atoms with Crippen LogP contribution in [0.5, 0.6) is 0 Å². The average molecular weight is 264 g/mol. The van der Waals surface area contributed by atoms with Gasteiger partial charge in [-0.1, -0.05) is 0 Å². The molecule has 0 aliphatic heterocycles. The van der Waals surface area contributed by atoms with Crippen LogP contribution >= 0.6 is 0 Å². The van der Waals surface area contributed by atoms with Gasteiger partial charge in [0.25, 0.3) is 0 Å². The molecule has 1 aromatic carbocycles. The van der Waals surface area contributed by atoms with Crippen molar-refractivity contribution in [2.45, 2.75) is 32.8 Å². The van der Waals surface area contributed by atoms with Crippen LogP contribution in [0.4, 0.5) is 5.69 Å². The minimum atomic E-state index is -0.365. The molecule has 0 unspecified atom stereocenters. The molecule has 104 valence electrons. The van der Waals surface area contributed by atoms with Gasteiger partial charge in [-0.15, -0.1) is 0 Å². The van der Waals surface area contributed by atoms with Gasteiger partial charge in [0.2, 0.25) is 5.91 Å². The number of benzene rings is 1. The Kier molecular flexibility index (Phi) is 6.02. The second-order valence-corrected chi connectivity index (χ2v) is 4.47. The van der Waals surface area contributed by atoms with E-state index in [1.807, 2.05) is 0 Å². The molecule has 0 bridgehead atoms. The van der Waals surface area contributed by atoms with Gasteiger partial charge in [-0.3, -0.25) is 4.79 Å². The Morgan fingerprint density at radius 2 is 1.89 bits per heavy atom. The lowest BCUT2D eigenvalue weighted by atomic mass is 10.2. The summed E-state index contributed by atoms with van der Waals surface area (Å²) in [6.45, 7) is 4.08. The van der Waals surface area contributed by atoms with Crippen molar-refractivity contribution in [3.05, 3.63) is 29.8 Å². The van der Waals surface area contributed by atoms with Crippen molar-refractivity contribution in [1.29, 1.82) is 0 Å². The number of hydrogen-bond donors (Lipinski definition) is 2. The monoisotopic (exact) mass is 264 g/mol. The van der Waals surface area contributed by atoms with Crippen molar-refractivity contribution in [1.82, 2.24) is 0 Å². The summed E-state index contributed by atoms with van der Waals surface area (Å²) in [5.74, 6) is -0.445. The molecule has 0 heterocycles. The zero-order valence-electron chi connectivity index (χ0n) is 11.3. The number of ether oxygens (including phenoxy) is 1. The summed E-state index contributed by atoms with van der Waals surface area (Å²) in [5, 5.41) is 2.74. The lowest BCUT2D eigenvalue weighted by molar-refractivity contribution is -0.116. The van der Waals surface area contributed by atoms with Crippen LogP contribution < -0.4 is 11.1 Å². The molecule has 1 amide bonds. The van der Waals surface area contributed by atoms with Crippen LogP contribution in [-0.4, -0.2) is 24.5 Å². The zero-order valence-corrected chi connectivity index (χ0v) is 11.3. The van der Waals surface area contributed by atoms with Gasteiger partial charge in [0.15, 0.2) is 0 Å². The second-order valence-electron chi connectivity index (χ2n) is 4.47. The van der Waals surface area contributed by atoms with Crippen LogP contribution in [0.25, 0.3) is 0 Å². The molecular formula is C14H20N2O3. The van der Waals surface area contributed by atoms with Gasteiger partial charge in [0.05, 0.1) is 11.7 Å². The predicted molar refractivity (Wildman–Crippen MR) is 73.9 cm³/mol. The molecule has 0 aliphatic rings. The van der Waals surface area contributed by atoms with Gasteiger partial charge in [-0.25, -0.2) is 4.79 Å². The Labute approximate surface area is 113 Å². The van der Waals surface area contributed by atoms with E-state index in [1.54, 1.807) is 38.1 Å². The molecule has 0 fully saturated rings. The topological polar surface area (TPSA) is 81.4 Å². The van der Waals surface area contributed by atoms with Crippen molar-refractivity contribution >= 4 is 17.6 Å². The number of rotatable bonds is 6. The largest absolute Gasteiger partial charge is 0.459 e. The van der Waals surface area contributed by atoms with Crippen molar-refractivity contribution in [2.24, 2.45) is 5.73 Å². The normalized spacial score (nSPS) is 10.3. The van der Waals surface area contributed by atoms with E-state index in [2.05, 4.69) is 5.32 Å². The maximum atomic E-state index is 11.6. The molecular weight excluding hydrogens is 244 g/mol. The summed E-state index contributed by atoms with van der Waals surface area (Å²) in [6.07, 6.45) is 0.904. The van der Waals surface area contributed by atoms with Gasteiger partial charge in [-0.2, -0.15) is 0 Å². The highest BCUT2D eigenvalue weighted by Gasteiger charge is 2.09. The molecule has 0 saturated heterocycles. The first kappa shape index (κ1) is 15.2. The van der Waals surface area contributed by atoms with E-state index in [0.29, 0.717) is 30.6 Å². The molecule has 5 heteroatoms. The van der Waals surface area contributed by atoms with Gasteiger partial charge < -0.3 is 15.8 Å². The lowest BCUT2D eigenvalue weighted by Crippen LogP contribution is -2.14. The summed E-state index contributed by atoms with van der Waals surface area (Å²) >= 11 is 0. The molecule has 0 saturated carbocycles. The van der Waals surface area contributed by atoms with Gasteiger partial charge in [-0.05, 0) is 51.1 Å². The van der Waals surface area contributed by atoms with Crippen LogP contribution in [0.3, 0.4) is 0 Å². The number of carbonyl (C=O) groups is 2. The molecule has 1 rings (SSSR count). The van der Waals surface area contributed by atoms with Gasteiger partial charge in [0, 0.05) is 12.1 Å². The molecule has 0 radical (unpaired) electrons. The minimum absolute atomic E-state index is 0.0806. The Morgan fingerprint density at radius 1 is 1.26 bits per heavy atom. The molecule has 1 aromatic rings. The maximum absolute atomic E-state index is 11.6. The fourth-order valence-corrected chi connectivity index (χ4v) is 1.46. The smallest absolute Gasteiger partial charge is 0.338 e. The summed E-state index contributed by atoms with van der Waals surface area (Å²) in [5.41, 5.74) is 6.45. The summed E-state index contributed by atoms with van der Waals surface area (Å²) in [6, 6.07) is 6.61. The van der Waals surface area contributed by atoms with Crippen LogP contribution in [0, 0.1) is 0 Å². The molecule has 5 nitrogen and oxygen atoms in total. The minimum Gasteiger partial charge on any atom is -0.459 e. The number of anilines is 1. The number of esters is 1. The highest BCUT2D eigenvalue weighted by molar-refractivity contribution is 5.93. The number of carbonyl (C=O) groups excluding carboxylic acids is 2. The lowest BCUT2D eigenvalue weighted by Gasteiger charge is -2.09. The third-order valence-electron chi connectivity index (χ3n) is 2.36. The van der Waals surface area contributed by atoms with Crippen molar-refractivity contribution in [2.75, 3.05) is 11.9 Å². The Balaban J connectivity index is 2.56. The predicted octanol–water partition coefficient (Wildman–Crippen LogP) is 1.93. The van der Waals surface area contributed by atoms with E-state index in [-0.39, 0.29) is 18.0 Å². The fourth-order valence-electron chi connectivity index (χ4n) is 1.46. The fraction of sp³-hybridized carbons (Fsp3) is 0.429. The van der Waals surface area contributed by atoms with Crippen molar-refractivity contribution < 1.29 is 14.3 Å². The zero-order chi connectivity index (χ0) is 14.3. The van der Waals surface area contributed by atoms with E-state index in [0.717, 1.165) is 0 Å². The van der Waals surface area contributed by atoms with E-state index in [1.165, 1.54) is 0 Å². The van der Waals surface area contributed by atoms with Crippen LogP contribution in [0.1, 0.15) is 37.0 Å². The van der Waals surface area contributed by atoms with Crippen molar-refractivity contribution in [3.63, 3.8) is 0 Å². The third kappa shape index (κ3) is 5.52. The highest BCUT2D eigenvalue weighted by atomic mass is 16.5. The highest BCUT2D eigenvalue weighted by Crippen LogP contribution is 2.11. The van der Waals surface area contributed by atoms with E-state index in [9.17, 15) is 9.59 Å². The van der Waals surface area contributed by atoms with Crippen LogP contribution in [0.15, 0.2) is 24.3 Å². The van der Waals surface area contributed by atoms with Crippen LogP contribution in [-0.2, 0) is 9.53 Å². The first-order chi connectivity index (χ1) is 9.02. The molecule has 0 spiro atoms. The molecule has 0 atom stereocenters. The maximum Gasteiger partial charge on any atom is 0.338 e. The summed E-state index contributed by atoms with van der Waals surface area (Å²) < 4.78 is 5.07. The summed E-state index contributed by atoms with van der Waals surface area (Å²) in [7, 11) is 0. The second kappa shape index (κ2) is 7.53. The standard InChI is InChI=1S/C14H20N2O3/c1-10(2)19-14(18)11-5-7-12(8-6-11)16-13(17)4-3-9-15/h5-8,10H,3-4,9,15H2,1-2H3,(H,16,17). The van der Waals surface area contributed by atoms with Crippen LogP contribution in [0.2, 0.25) is 0 Å². The Bertz CT molecular complexity index is 427. The molecule has 0 aliphatic carbocycles. The average Bonchev–Trinajstić information content (AvgIpc) is 2.36. The first-order valence-corrected chi connectivity index (χ1v) is 6.34. The van der Waals surface area contributed by atoms with Gasteiger partial charge in [0.1, 0.15) is 0 Å². The molecule has 3 N–H and O–H groups in total. The van der Waals surface area contributed by atoms with Gasteiger partial charge >= 0.3 is 5.97 Å². The molecule has 0 aromatic heterocycles. The van der Waals surface area contributed by atoms with E-state index in [4.69, 9.17) is 10.5 Å². The number of amides is 1. The van der Waals surface area contributed by atoms with Crippen molar-refractivity contribution in [3.8, 4) is 0 Å².